The molecule has 1 aliphatic rings. The summed E-state index contributed by atoms with van der Waals surface area (Å²) in [5, 5.41) is 0.312. The van der Waals surface area contributed by atoms with E-state index in [1.165, 1.54) is 0 Å². The minimum absolute atomic E-state index is 0.312. The molecule has 2 heteroatoms. The van der Waals surface area contributed by atoms with E-state index in [0.717, 1.165) is 0 Å². The van der Waals surface area contributed by atoms with Gasteiger partial charge >= 0.3 is 0 Å². The highest BCUT2D eigenvalue weighted by Crippen LogP contribution is 2.34. The van der Waals surface area contributed by atoms with Crippen LogP contribution in [-0.4, -0.2) is 16.4 Å². The normalized spacial score (nSPS) is 35.6. The summed E-state index contributed by atoms with van der Waals surface area (Å²) in [7, 11) is 0. The number of halogens is 1. The number of thioether (sulfide) groups is 1. The van der Waals surface area contributed by atoms with Crippen molar-refractivity contribution in [1.29, 1.82) is 0 Å². The largest absolute Gasteiger partial charge is 0.155 e. The van der Waals surface area contributed by atoms with Gasteiger partial charge in [-0.05, 0) is 6.26 Å². The van der Waals surface area contributed by atoms with Crippen LogP contribution in [0.3, 0.4) is 0 Å². The molecule has 0 aromatic heterocycles. The molecule has 0 radical (unpaired) electrons. The minimum atomic E-state index is -0.381. The first-order valence-electron chi connectivity index (χ1n) is 3.44. The first kappa shape index (κ1) is 8.95. The van der Waals surface area contributed by atoms with Crippen molar-refractivity contribution >= 4 is 23.4 Å². The van der Waals surface area contributed by atoms with Crippen molar-refractivity contribution in [3.05, 3.63) is 37.0 Å². The van der Waals surface area contributed by atoms with Crippen LogP contribution in [0.15, 0.2) is 37.0 Å². The second-order valence-electron chi connectivity index (χ2n) is 2.43. The maximum Gasteiger partial charge on any atom is 0.0959 e. The van der Waals surface area contributed by atoms with Crippen LogP contribution in [0, 0.1) is 0 Å². The Balaban J connectivity index is 2.86. The van der Waals surface area contributed by atoms with Crippen molar-refractivity contribution in [2.45, 2.75) is 10.1 Å². The molecule has 0 fully saturated rings. The molecule has 2 unspecified atom stereocenters. The Hall–Kier alpha value is -0.140. The molecule has 11 heavy (non-hydrogen) atoms. The Labute approximate surface area is 77.0 Å². The molecule has 0 saturated carbocycles. The topological polar surface area (TPSA) is 0 Å². The van der Waals surface area contributed by atoms with Gasteiger partial charge in [-0.3, -0.25) is 0 Å². The zero-order chi connectivity index (χ0) is 8.32. The van der Waals surface area contributed by atoms with Crippen molar-refractivity contribution in [2.75, 3.05) is 6.26 Å². The van der Waals surface area contributed by atoms with Crippen molar-refractivity contribution in [2.24, 2.45) is 0 Å². The van der Waals surface area contributed by atoms with Gasteiger partial charge in [-0.1, -0.05) is 30.4 Å². The summed E-state index contributed by atoms with van der Waals surface area (Å²) in [6, 6.07) is 0. The highest BCUT2D eigenvalue weighted by molar-refractivity contribution is 7.99. The fraction of sp³-hybridized carbons (Fsp3) is 0.333. The van der Waals surface area contributed by atoms with E-state index in [9.17, 15) is 0 Å². The quantitative estimate of drug-likeness (QED) is 0.472. The van der Waals surface area contributed by atoms with Crippen LogP contribution < -0.4 is 0 Å². The zero-order valence-electron chi connectivity index (χ0n) is 6.46. The van der Waals surface area contributed by atoms with E-state index in [0.29, 0.717) is 5.25 Å². The van der Waals surface area contributed by atoms with Gasteiger partial charge in [-0.2, -0.15) is 11.8 Å². The summed E-state index contributed by atoms with van der Waals surface area (Å²) in [4.78, 5) is -0.381. The van der Waals surface area contributed by atoms with Crippen molar-refractivity contribution in [3.63, 3.8) is 0 Å². The summed E-state index contributed by atoms with van der Waals surface area (Å²) in [5.41, 5.74) is 0. The highest BCUT2D eigenvalue weighted by atomic mass is 35.5. The summed E-state index contributed by atoms with van der Waals surface area (Å²) in [5.74, 6) is 0. The molecular weight excluding hydrogens is 176 g/mol. The molecule has 0 saturated heterocycles. The van der Waals surface area contributed by atoms with Crippen LogP contribution in [0.1, 0.15) is 0 Å². The number of rotatable bonds is 2. The maximum atomic E-state index is 6.25. The molecule has 1 aliphatic carbocycles. The average molecular weight is 187 g/mol. The molecule has 0 amide bonds. The van der Waals surface area contributed by atoms with Gasteiger partial charge in [0, 0.05) is 5.25 Å². The van der Waals surface area contributed by atoms with E-state index in [2.05, 4.69) is 18.9 Å². The molecular formula is C9H11ClS. The summed E-state index contributed by atoms with van der Waals surface area (Å²) in [6.45, 7) is 3.72. The molecule has 0 spiro atoms. The van der Waals surface area contributed by atoms with Crippen molar-refractivity contribution in [1.82, 2.24) is 0 Å². The smallest absolute Gasteiger partial charge is 0.0959 e. The standard InChI is InChI=1S/C9H11ClS/c1-3-9(10)7-5-4-6-8(9)11-2/h3-8H,1H2,2H3. The first-order chi connectivity index (χ1) is 5.23. The monoisotopic (exact) mass is 186 g/mol. The predicted molar refractivity (Wildman–Crippen MR) is 54.4 cm³/mol. The summed E-state index contributed by atoms with van der Waals surface area (Å²) >= 11 is 7.98. The van der Waals surface area contributed by atoms with Gasteiger partial charge in [0.1, 0.15) is 0 Å². The maximum absolute atomic E-state index is 6.25. The van der Waals surface area contributed by atoms with Gasteiger partial charge in [0.05, 0.1) is 4.87 Å². The van der Waals surface area contributed by atoms with Crippen molar-refractivity contribution < 1.29 is 0 Å². The molecule has 0 heterocycles. The molecule has 60 valence electrons. The number of allylic oxidation sites excluding steroid dienone is 4. The lowest BCUT2D eigenvalue weighted by molar-refractivity contribution is 0.889. The van der Waals surface area contributed by atoms with Crippen LogP contribution in [-0.2, 0) is 0 Å². The van der Waals surface area contributed by atoms with E-state index < -0.39 is 0 Å². The first-order valence-corrected chi connectivity index (χ1v) is 5.11. The molecule has 0 aromatic rings. The third-order valence-corrected chi connectivity index (χ3v) is 3.45. The Morgan fingerprint density at radius 1 is 1.64 bits per heavy atom. The van der Waals surface area contributed by atoms with Crippen molar-refractivity contribution in [3.8, 4) is 0 Å². The van der Waals surface area contributed by atoms with Crippen LogP contribution in [0.2, 0.25) is 0 Å². The molecule has 0 aromatic carbocycles. The van der Waals surface area contributed by atoms with Crippen LogP contribution >= 0.6 is 23.4 Å². The van der Waals surface area contributed by atoms with E-state index in [1.807, 2.05) is 18.2 Å². The molecule has 0 N–H and O–H groups in total. The number of hydrogen-bond acceptors (Lipinski definition) is 1. The Bertz CT molecular complexity index is 208. The van der Waals surface area contributed by atoms with Gasteiger partial charge in [0.15, 0.2) is 0 Å². The van der Waals surface area contributed by atoms with Crippen LogP contribution in [0.4, 0.5) is 0 Å². The van der Waals surface area contributed by atoms with E-state index in [4.69, 9.17) is 11.6 Å². The van der Waals surface area contributed by atoms with Gasteiger partial charge in [0.25, 0.3) is 0 Å². The van der Waals surface area contributed by atoms with Crippen LogP contribution in [0.25, 0.3) is 0 Å². The van der Waals surface area contributed by atoms with Crippen LogP contribution in [0.5, 0.6) is 0 Å². The highest BCUT2D eigenvalue weighted by Gasteiger charge is 2.29. The predicted octanol–water partition coefficient (Wildman–Crippen LogP) is 3.01. The average Bonchev–Trinajstić information content (AvgIpc) is 2.05. The lowest BCUT2D eigenvalue weighted by Gasteiger charge is -2.28. The second-order valence-corrected chi connectivity index (χ2v) is 4.07. The zero-order valence-corrected chi connectivity index (χ0v) is 8.03. The van der Waals surface area contributed by atoms with Gasteiger partial charge < -0.3 is 0 Å². The third-order valence-electron chi connectivity index (χ3n) is 1.75. The second kappa shape index (κ2) is 3.51. The third kappa shape index (κ3) is 1.71. The van der Waals surface area contributed by atoms with E-state index >= 15 is 0 Å². The molecule has 0 nitrogen and oxygen atoms in total. The fourth-order valence-corrected chi connectivity index (χ4v) is 2.25. The van der Waals surface area contributed by atoms with E-state index in [1.54, 1.807) is 17.8 Å². The summed E-state index contributed by atoms with van der Waals surface area (Å²) < 4.78 is 0. The molecule has 0 aliphatic heterocycles. The lowest BCUT2D eigenvalue weighted by atomic mass is 10.00. The lowest BCUT2D eigenvalue weighted by Crippen LogP contribution is -2.29. The summed E-state index contributed by atoms with van der Waals surface area (Å²) in [6.07, 6.45) is 11.9. The Morgan fingerprint density at radius 2 is 2.36 bits per heavy atom. The number of hydrogen-bond donors (Lipinski definition) is 0. The Morgan fingerprint density at radius 3 is 2.82 bits per heavy atom. The molecule has 2 atom stereocenters. The fourth-order valence-electron chi connectivity index (χ4n) is 1.05. The minimum Gasteiger partial charge on any atom is -0.155 e. The van der Waals surface area contributed by atoms with Gasteiger partial charge in [-0.15, -0.1) is 18.2 Å². The Kier molecular flexibility index (Phi) is 2.85. The van der Waals surface area contributed by atoms with Gasteiger partial charge in [0.2, 0.25) is 0 Å². The SMILES string of the molecule is C=CC1(Cl)C=CC=CC1SC. The number of alkyl halides is 1. The molecule has 1 rings (SSSR count). The van der Waals surface area contributed by atoms with E-state index in [-0.39, 0.29) is 4.87 Å². The van der Waals surface area contributed by atoms with Gasteiger partial charge in [-0.25, -0.2) is 0 Å². The molecule has 0 bridgehead atoms.